The minimum atomic E-state index is -4.25. The van der Waals surface area contributed by atoms with Gasteiger partial charge in [0.1, 0.15) is 18.3 Å². The Bertz CT molecular complexity index is 1480. The van der Waals surface area contributed by atoms with E-state index >= 15 is 0 Å². The Morgan fingerprint density at radius 2 is 1.66 bits per heavy atom. The minimum absolute atomic E-state index is 0.00738. The van der Waals surface area contributed by atoms with Gasteiger partial charge in [-0.1, -0.05) is 60.5 Å². The Hall–Kier alpha value is -3.56. The molecule has 8 nitrogen and oxygen atoms in total. The van der Waals surface area contributed by atoms with Gasteiger partial charge < -0.3 is 15.0 Å². The summed E-state index contributed by atoms with van der Waals surface area (Å²) in [4.78, 5) is 29.0. The third-order valence-corrected chi connectivity index (χ3v) is 8.73. The van der Waals surface area contributed by atoms with Crippen LogP contribution in [0.25, 0.3) is 0 Å². The van der Waals surface area contributed by atoms with Crippen LogP contribution in [-0.2, 0) is 26.2 Å². The van der Waals surface area contributed by atoms with Crippen molar-refractivity contribution < 1.29 is 22.7 Å². The lowest BCUT2D eigenvalue weighted by Crippen LogP contribution is -2.53. The largest absolute Gasteiger partial charge is 0.495 e. The number of amides is 2. The zero-order valence-electron chi connectivity index (χ0n) is 24.3. The molecule has 10 heteroatoms. The number of hydrogen-bond donors (Lipinski definition) is 1. The van der Waals surface area contributed by atoms with Gasteiger partial charge in [0.2, 0.25) is 11.8 Å². The minimum Gasteiger partial charge on any atom is -0.495 e. The van der Waals surface area contributed by atoms with Crippen molar-refractivity contribution in [2.24, 2.45) is 0 Å². The van der Waals surface area contributed by atoms with E-state index in [1.54, 1.807) is 24.3 Å². The molecule has 41 heavy (non-hydrogen) atoms. The van der Waals surface area contributed by atoms with Crippen LogP contribution in [0.2, 0.25) is 5.02 Å². The van der Waals surface area contributed by atoms with Crippen LogP contribution >= 0.6 is 11.6 Å². The first kappa shape index (κ1) is 32.0. The van der Waals surface area contributed by atoms with Crippen molar-refractivity contribution in [3.05, 3.63) is 88.4 Å². The van der Waals surface area contributed by atoms with E-state index in [0.717, 1.165) is 21.0 Å². The molecule has 0 aliphatic rings. The second-order valence-corrected chi connectivity index (χ2v) is 12.5. The Morgan fingerprint density at radius 3 is 2.24 bits per heavy atom. The SMILES string of the molecule is CC[C@@H](C(=O)NC(C)C)N(Cc1ccccc1C)C(=O)CN(c1cc(Cl)ccc1OC)S(=O)(=O)c1ccc(C)cc1. The third kappa shape index (κ3) is 7.80. The first-order valence-electron chi connectivity index (χ1n) is 13.5. The molecule has 0 unspecified atom stereocenters. The molecule has 0 fully saturated rings. The van der Waals surface area contributed by atoms with Crippen molar-refractivity contribution in [2.75, 3.05) is 18.0 Å². The first-order chi connectivity index (χ1) is 19.4. The van der Waals surface area contributed by atoms with Crippen LogP contribution in [0.15, 0.2) is 71.6 Å². The molecule has 1 atom stereocenters. The second-order valence-electron chi connectivity index (χ2n) is 10.2. The maximum atomic E-state index is 14.2. The molecule has 0 heterocycles. The van der Waals surface area contributed by atoms with Gasteiger partial charge in [0.15, 0.2) is 0 Å². The third-order valence-electron chi connectivity index (χ3n) is 6.72. The average Bonchev–Trinajstić information content (AvgIpc) is 2.92. The zero-order valence-corrected chi connectivity index (χ0v) is 25.9. The summed E-state index contributed by atoms with van der Waals surface area (Å²) in [6.07, 6.45) is 0.335. The number of carbonyl (C=O) groups is 2. The Balaban J connectivity index is 2.15. The van der Waals surface area contributed by atoms with Crippen LogP contribution in [0.5, 0.6) is 5.75 Å². The topological polar surface area (TPSA) is 96.0 Å². The molecule has 3 aromatic carbocycles. The molecular weight excluding hydrogens is 562 g/mol. The van der Waals surface area contributed by atoms with Crippen molar-refractivity contribution in [1.82, 2.24) is 10.2 Å². The van der Waals surface area contributed by atoms with E-state index < -0.39 is 28.5 Å². The molecule has 1 N–H and O–H groups in total. The molecule has 0 aliphatic carbocycles. The Labute approximate surface area is 248 Å². The summed E-state index contributed by atoms with van der Waals surface area (Å²) in [5, 5.41) is 3.17. The van der Waals surface area contributed by atoms with Gasteiger partial charge in [0.25, 0.3) is 10.0 Å². The number of hydrogen-bond acceptors (Lipinski definition) is 5. The molecule has 0 bridgehead atoms. The van der Waals surface area contributed by atoms with E-state index in [9.17, 15) is 18.0 Å². The number of nitrogens with one attached hydrogen (secondary N) is 1. The molecule has 0 saturated carbocycles. The van der Waals surface area contributed by atoms with Crippen LogP contribution in [0, 0.1) is 13.8 Å². The number of halogens is 1. The summed E-state index contributed by atoms with van der Waals surface area (Å²) in [5.74, 6) is -0.623. The van der Waals surface area contributed by atoms with Crippen LogP contribution in [-0.4, -0.2) is 50.9 Å². The monoisotopic (exact) mass is 599 g/mol. The van der Waals surface area contributed by atoms with Gasteiger partial charge in [0.05, 0.1) is 17.7 Å². The van der Waals surface area contributed by atoms with Crippen molar-refractivity contribution in [3.63, 3.8) is 0 Å². The highest BCUT2D eigenvalue weighted by Crippen LogP contribution is 2.35. The predicted octanol–water partition coefficient (Wildman–Crippen LogP) is 5.49. The fourth-order valence-electron chi connectivity index (χ4n) is 4.48. The molecule has 0 spiro atoms. The lowest BCUT2D eigenvalue weighted by molar-refractivity contribution is -0.140. The smallest absolute Gasteiger partial charge is 0.264 e. The van der Waals surface area contributed by atoms with Crippen molar-refractivity contribution in [2.45, 2.75) is 64.6 Å². The molecule has 3 aromatic rings. The number of methoxy groups -OCH3 is 1. The molecule has 2 amide bonds. The van der Waals surface area contributed by atoms with Crippen LogP contribution in [0.1, 0.15) is 43.9 Å². The summed E-state index contributed by atoms with van der Waals surface area (Å²) < 4.78 is 34.7. The van der Waals surface area contributed by atoms with Crippen LogP contribution in [0.3, 0.4) is 0 Å². The lowest BCUT2D eigenvalue weighted by atomic mass is 10.1. The normalized spacial score (nSPS) is 12.1. The quantitative estimate of drug-likeness (QED) is 0.297. The fraction of sp³-hybridized carbons (Fsp3) is 0.355. The van der Waals surface area contributed by atoms with Gasteiger partial charge in [-0.15, -0.1) is 0 Å². The fourth-order valence-corrected chi connectivity index (χ4v) is 6.06. The number of sulfonamides is 1. The standard InChI is InChI=1S/C31H38ClN3O5S/c1-7-27(31(37)33-21(2)3)34(19-24-11-9-8-10-23(24)5)30(36)20-35(28-18-25(32)14-17-29(28)40-6)41(38,39)26-15-12-22(4)13-16-26/h8-18,21,27H,7,19-20H2,1-6H3,(H,33,37)/t27-/m0/s1. The van der Waals surface area contributed by atoms with Gasteiger partial charge in [0, 0.05) is 17.6 Å². The average molecular weight is 600 g/mol. The number of carbonyl (C=O) groups excluding carboxylic acids is 2. The molecule has 3 rings (SSSR count). The second kappa shape index (κ2) is 13.9. The van der Waals surface area contributed by atoms with Crippen molar-refractivity contribution in [1.29, 1.82) is 0 Å². The molecule has 220 valence electrons. The summed E-state index contributed by atoms with van der Waals surface area (Å²) in [7, 11) is -2.84. The maximum absolute atomic E-state index is 14.2. The number of rotatable bonds is 12. The van der Waals surface area contributed by atoms with E-state index in [4.69, 9.17) is 16.3 Å². The highest BCUT2D eigenvalue weighted by molar-refractivity contribution is 7.92. The number of benzene rings is 3. The van der Waals surface area contributed by atoms with E-state index in [0.29, 0.717) is 6.42 Å². The van der Waals surface area contributed by atoms with Gasteiger partial charge >= 0.3 is 0 Å². The highest BCUT2D eigenvalue weighted by atomic mass is 35.5. The lowest BCUT2D eigenvalue weighted by Gasteiger charge is -2.34. The van der Waals surface area contributed by atoms with E-state index in [1.807, 2.05) is 58.9 Å². The summed E-state index contributed by atoms with van der Waals surface area (Å²) in [5.41, 5.74) is 2.80. The van der Waals surface area contributed by atoms with Crippen LogP contribution < -0.4 is 14.4 Å². The molecule has 0 aliphatic heterocycles. The van der Waals surface area contributed by atoms with E-state index in [1.165, 1.54) is 30.2 Å². The van der Waals surface area contributed by atoms with Crippen molar-refractivity contribution in [3.8, 4) is 5.75 Å². The number of aryl methyl sites for hydroxylation is 2. The number of anilines is 1. The molecule has 0 aromatic heterocycles. The number of nitrogens with zero attached hydrogens (tertiary/aromatic N) is 2. The zero-order chi connectivity index (χ0) is 30.3. The molecule has 0 radical (unpaired) electrons. The highest BCUT2D eigenvalue weighted by Gasteiger charge is 2.35. The first-order valence-corrected chi connectivity index (χ1v) is 15.3. The van der Waals surface area contributed by atoms with Gasteiger partial charge in [-0.25, -0.2) is 8.42 Å². The van der Waals surface area contributed by atoms with Gasteiger partial charge in [-0.2, -0.15) is 0 Å². The molecular formula is C31H38ClN3O5S. The van der Waals surface area contributed by atoms with E-state index in [2.05, 4.69) is 5.32 Å². The van der Waals surface area contributed by atoms with Gasteiger partial charge in [-0.05, 0) is 75.6 Å². The van der Waals surface area contributed by atoms with Crippen molar-refractivity contribution >= 4 is 39.1 Å². The van der Waals surface area contributed by atoms with Gasteiger partial charge in [-0.3, -0.25) is 13.9 Å². The number of ether oxygens (including phenoxy) is 1. The van der Waals surface area contributed by atoms with Crippen LogP contribution in [0.4, 0.5) is 5.69 Å². The Morgan fingerprint density at radius 1 is 1.00 bits per heavy atom. The maximum Gasteiger partial charge on any atom is 0.264 e. The summed E-state index contributed by atoms with van der Waals surface area (Å²) in [6, 6.07) is 17.6. The Kier molecular flexibility index (Phi) is 10.8. The molecule has 0 saturated heterocycles. The summed E-state index contributed by atoms with van der Waals surface area (Å²) >= 11 is 6.30. The predicted molar refractivity (Wildman–Crippen MR) is 163 cm³/mol. The summed E-state index contributed by atoms with van der Waals surface area (Å²) in [6.45, 7) is 8.85. The van der Waals surface area contributed by atoms with E-state index in [-0.39, 0.29) is 39.8 Å².